The van der Waals surface area contributed by atoms with Crippen molar-refractivity contribution < 1.29 is 28.3 Å². The van der Waals surface area contributed by atoms with Crippen LogP contribution in [0.25, 0.3) is 0 Å². The molecule has 0 saturated heterocycles. The molecule has 154 valence electrons. The molecule has 1 heterocycles. The summed E-state index contributed by atoms with van der Waals surface area (Å²) in [5.74, 6) is -0.653. The average molecular weight is 407 g/mol. The maximum atomic E-state index is 12.5. The highest BCUT2D eigenvalue weighted by Crippen LogP contribution is 2.20. The summed E-state index contributed by atoms with van der Waals surface area (Å²) in [5.41, 5.74) is 1.82. The van der Waals surface area contributed by atoms with Crippen LogP contribution in [0, 0.1) is 6.92 Å². The van der Waals surface area contributed by atoms with Gasteiger partial charge in [0.2, 0.25) is 5.78 Å². The van der Waals surface area contributed by atoms with Crippen LogP contribution in [0.3, 0.4) is 0 Å². The topological polar surface area (TPSA) is 94.8 Å². The van der Waals surface area contributed by atoms with Gasteiger partial charge in [-0.3, -0.25) is 9.59 Å². The summed E-state index contributed by atoms with van der Waals surface area (Å²) < 4.78 is 15.5. The molecule has 0 fully saturated rings. The monoisotopic (exact) mass is 407 g/mol. The summed E-state index contributed by atoms with van der Waals surface area (Å²) in [4.78, 5) is 37.3. The smallest absolute Gasteiger partial charge is 0.338 e. The van der Waals surface area contributed by atoms with Gasteiger partial charge in [0.1, 0.15) is 5.75 Å². The lowest BCUT2D eigenvalue weighted by Gasteiger charge is -2.14. The Kier molecular flexibility index (Phi) is 6.32. The number of Topliss-reactive ketones (excluding diaryl/α,β-unsaturated/α-hetero) is 1. The highest BCUT2D eigenvalue weighted by Gasteiger charge is 2.21. The fourth-order valence-corrected chi connectivity index (χ4v) is 2.75. The van der Waals surface area contributed by atoms with E-state index in [2.05, 4.69) is 5.32 Å². The molecule has 1 aromatic heterocycles. The zero-order valence-corrected chi connectivity index (χ0v) is 16.8. The zero-order valence-electron chi connectivity index (χ0n) is 16.8. The number of amides is 1. The molecule has 0 bridgehead atoms. The average Bonchev–Trinajstić information content (AvgIpc) is 3.29. The van der Waals surface area contributed by atoms with Gasteiger partial charge in [-0.15, -0.1) is 0 Å². The minimum atomic E-state index is -0.978. The van der Waals surface area contributed by atoms with E-state index in [1.54, 1.807) is 49.4 Å². The maximum Gasteiger partial charge on any atom is 0.338 e. The molecule has 0 spiro atoms. The van der Waals surface area contributed by atoms with Crippen LogP contribution >= 0.6 is 0 Å². The van der Waals surface area contributed by atoms with E-state index in [0.717, 1.165) is 5.56 Å². The van der Waals surface area contributed by atoms with Crippen molar-refractivity contribution in [3.8, 4) is 5.75 Å². The van der Waals surface area contributed by atoms with E-state index in [1.807, 2.05) is 0 Å². The van der Waals surface area contributed by atoms with Gasteiger partial charge in [0.05, 0.1) is 18.9 Å². The maximum absolute atomic E-state index is 12.5. The SMILES string of the molecule is COc1ccc(C(=O)[C@H](C)OC(=O)c2ccc(C)c(NC(=O)c3ccco3)c2)cc1. The van der Waals surface area contributed by atoms with Crippen LogP contribution in [-0.4, -0.2) is 30.9 Å². The number of furan rings is 1. The molecule has 0 saturated carbocycles. The number of aryl methyl sites for hydroxylation is 1. The highest BCUT2D eigenvalue weighted by atomic mass is 16.5. The second-order valence-corrected chi connectivity index (χ2v) is 6.60. The molecule has 30 heavy (non-hydrogen) atoms. The minimum absolute atomic E-state index is 0.154. The first-order valence-corrected chi connectivity index (χ1v) is 9.24. The second kappa shape index (κ2) is 9.09. The van der Waals surface area contributed by atoms with Crippen LogP contribution in [0.4, 0.5) is 5.69 Å². The minimum Gasteiger partial charge on any atom is -0.497 e. The van der Waals surface area contributed by atoms with E-state index in [1.165, 1.54) is 32.4 Å². The Bertz CT molecular complexity index is 1050. The molecule has 0 radical (unpaired) electrons. The van der Waals surface area contributed by atoms with E-state index < -0.39 is 18.0 Å². The lowest BCUT2D eigenvalue weighted by atomic mass is 10.1. The Labute approximate surface area is 173 Å². The molecule has 7 heteroatoms. The number of carbonyl (C=O) groups excluding carboxylic acids is 3. The molecule has 0 unspecified atom stereocenters. The van der Waals surface area contributed by atoms with Gasteiger partial charge in [-0.05, 0) is 67.9 Å². The lowest BCUT2D eigenvalue weighted by Crippen LogP contribution is -2.24. The Hall–Kier alpha value is -3.87. The molecule has 2 aromatic carbocycles. The molecular formula is C23H21NO6. The van der Waals surface area contributed by atoms with Crippen molar-refractivity contribution in [2.45, 2.75) is 20.0 Å². The normalized spacial score (nSPS) is 11.4. The van der Waals surface area contributed by atoms with E-state index >= 15 is 0 Å². The number of hydrogen-bond acceptors (Lipinski definition) is 6. The Balaban J connectivity index is 1.69. The summed E-state index contributed by atoms with van der Waals surface area (Å²) in [6, 6.07) is 14.5. The highest BCUT2D eigenvalue weighted by molar-refractivity contribution is 6.04. The van der Waals surface area contributed by atoms with Crippen molar-refractivity contribution in [3.63, 3.8) is 0 Å². The number of ether oxygens (including phenoxy) is 2. The van der Waals surface area contributed by atoms with Crippen molar-refractivity contribution in [3.05, 3.63) is 83.3 Å². The molecule has 0 aliphatic carbocycles. The fraction of sp³-hybridized carbons (Fsp3) is 0.174. The first kappa shape index (κ1) is 20.9. The van der Waals surface area contributed by atoms with Crippen LogP contribution in [0.1, 0.15) is 43.8 Å². The zero-order chi connectivity index (χ0) is 21.7. The number of hydrogen-bond donors (Lipinski definition) is 1. The van der Waals surface area contributed by atoms with Crippen LogP contribution in [0.2, 0.25) is 0 Å². The van der Waals surface area contributed by atoms with Crippen molar-refractivity contribution >= 4 is 23.3 Å². The predicted octanol–water partition coefficient (Wildman–Crippen LogP) is 4.28. The number of benzene rings is 2. The van der Waals surface area contributed by atoms with Crippen molar-refractivity contribution in [2.24, 2.45) is 0 Å². The van der Waals surface area contributed by atoms with E-state index in [4.69, 9.17) is 13.9 Å². The Morgan fingerprint density at radius 3 is 2.33 bits per heavy atom. The summed E-state index contributed by atoms with van der Waals surface area (Å²) in [5, 5.41) is 2.70. The van der Waals surface area contributed by atoms with Crippen LogP contribution < -0.4 is 10.1 Å². The number of rotatable bonds is 7. The molecular weight excluding hydrogens is 386 g/mol. The van der Waals surface area contributed by atoms with Gasteiger partial charge in [-0.25, -0.2) is 4.79 Å². The van der Waals surface area contributed by atoms with E-state index in [9.17, 15) is 14.4 Å². The predicted molar refractivity (Wildman–Crippen MR) is 110 cm³/mol. The third-order valence-electron chi connectivity index (χ3n) is 4.49. The standard InChI is InChI=1S/C23H21NO6/c1-14-6-7-17(13-19(14)24-22(26)20-5-4-12-29-20)23(27)30-15(2)21(25)16-8-10-18(28-3)11-9-16/h4-13,15H,1-3H3,(H,24,26)/t15-/m0/s1. The molecule has 0 aliphatic heterocycles. The van der Waals surface area contributed by atoms with Gasteiger partial charge in [-0.1, -0.05) is 6.07 Å². The van der Waals surface area contributed by atoms with Gasteiger partial charge in [0.25, 0.3) is 5.91 Å². The van der Waals surface area contributed by atoms with Gasteiger partial charge >= 0.3 is 5.97 Å². The third-order valence-corrected chi connectivity index (χ3v) is 4.49. The fourth-order valence-electron chi connectivity index (χ4n) is 2.75. The first-order chi connectivity index (χ1) is 14.4. The number of nitrogens with one attached hydrogen (secondary N) is 1. The first-order valence-electron chi connectivity index (χ1n) is 9.24. The second-order valence-electron chi connectivity index (χ2n) is 6.60. The third kappa shape index (κ3) is 4.75. The molecule has 3 aromatic rings. The summed E-state index contributed by atoms with van der Waals surface area (Å²) >= 11 is 0. The van der Waals surface area contributed by atoms with Crippen LogP contribution in [0.15, 0.2) is 65.3 Å². The van der Waals surface area contributed by atoms with Crippen molar-refractivity contribution in [1.29, 1.82) is 0 Å². The number of carbonyl (C=O) groups is 3. The molecule has 3 rings (SSSR count). The van der Waals surface area contributed by atoms with Crippen LogP contribution in [0.5, 0.6) is 5.75 Å². The number of methoxy groups -OCH3 is 1. The quantitative estimate of drug-likeness (QED) is 0.464. The lowest BCUT2D eigenvalue weighted by molar-refractivity contribution is 0.0319. The van der Waals surface area contributed by atoms with Gasteiger partial charge in [-0.2, -0.15) is 0 Å². The van der Waals surface area contributed by atoms with Gasteiger partial charge in [0, 0.05) is 11.3 Å². The molecule has 1 N–H and O–H groups in total. The summed E-state index contributed by atoms with van der Waals surface area (Å²) in [6.07, 6.45) is 0.421. The van der Waals surface area contributed by atoms with Gasteiger partial charge < -0.3 is 19.2 Å². The van der Waals surface area contributed by atoms with Crippen LogP contribution in [-0.2, 0) is 4.74 Å². The van der Waals surface area contributed by atoms with E-state index in [0.29, 0.717) is 17.0 Å². The number of anilines is 1. The molecule has 1 amide bonds. The summed E-state index contributed by atoms with van der Waals surface area (Å²) in [7, 11) is 1.54. The number of ketones is 1. The number of esters is 1. The summed E-state index contributed by atoms with van der Waals surface area (Å²) in [6.45, 7) is 3.31. The molecule has 7 nitrogen and oxygen atoms in total. The molecule has 0 aliphatic rings. The van der Waals surface area contributed by atoms with Crippen molar-refractivity contribution in [1.82, 2.24) is 0 Å². The van der Waals surface area contributed by atoms with E-state index in [-0.39, 0.29) is 17.1 Å². The van der Waals surface area contributed by atoms with Gasteiger partial charge in [0.15, 0.2) is 11.9 Å². The largest absolute Gasteiger partial charge is 0.497 e. The molecule has 1 atom stereocenters. The van der Waals surface area contributed by atoms with Crippen molar-refractivity contribution in [2.75, 3.05) is 12.4 Å². The Morgan fingerprint density at radius 2 is 1.70 bits per heavy atom. The Morgan fingerprint density at radius 1 is 1.00 bits per heavy atom.